The topological polar surface area (TPSA) is 35.5 Å². The summed E-state index contributed by atoms with van der Waals surface area (Å²) in [4.78, 5) is 11.5. The van der Waals surface area contributed by atoms with E-state index in [1.165, 1.54) is 24.8 Å². The molecule has 3 nitrogen and oxygen atoms in total. The molecule has 0 aliphatic heterocycles. The van der Waals surface area contributed by atoms with Gasteiger partial charge >= 0.3 is 5.97 Å². The van der Waals surface area contributed by atoms with E-state index in [0.717, 1.165) is 18.6 Å². The molecule has 0 unspecified atom stereocenters. The molecule has 0 spiro atoms. The van der Waals surface area contributed by atoms with Crippen molar-refractivity contribution >= 4 is 14.3 Å². The van der Waals surface area contributed by atoms with Gasteiger partial charge < -0.3 is 9.16 Å². The van der Waals surface area contributed by atoms with E-state index < -0.39 is 8.32 Å². The maximum Gasteiger partial charge on any atom is 0.306 e. The van der Waals surface area contributed by atoms with Crippen molar-refractivity contribution in [2.24, 2.45) is 0 Å². The fourth-order valence-corrected chi connectivity index (χ4v) is 3.36. The molecular weight excluding hydrogens is 256 g/mol. The Morgan fingerprint density at radius 1 is 1.11 bits per heavy atom. The lowest BCUT2D eigenvalue weighted by molar-refractivity contribution is -0.143. The Bertz CT molecular complexity index is 321. The van der Waals surface area contributed by atoms with Crippen LogP contribution in [0.25, 0.3) is 0 Å². The van der Waals surface area contributed by atoms with Gasteiger partial charge in [-0.2, -0.15) is 0 Å². The van der Waals surface area contributed by atoms with Crippen molar-refractivity contribution in [3.8, 4) is 0 Å². The summed E-state index contributed by atoms with van der Waals surface area (Å²) >= 11 is 0. The van der Waals surface area contributed by atoms with Gasteiger partial charge in [-0.25, -0.2) is 0 Å². The fraction of sp³-hybridized carbons (Fsp3) is 0.800. The van der Waals surface area contributed by atoms with Crippen LogP contribution in [0.3, 0.4) is 0 Å². The zero-order valence-electron chi connectivity index (χ0n) is 12.9. The smallest absolute Gasteiger partial charge is 0.306 e. The lowest BCUT2D eigenvalue weighted by atomic mass is 9.93. The van der Waals surface area contributed by atoms with E-state index in [1.54, 1.807) is 0 Å². The van der Waals surface area contributed by atoms with Crippen LogP contribution in [0, 0.1) is 0 Å². The Balaban J connectivity index is 2.66. The van der Waals surface area contributed by atoms with Crippen molar-refractivity contribution in [1.82, 2.24) is 0 Å². The summed E-state index contributed by atoms with van der Waals surface area (Å²) in [5, 5.41) is 0. The van der Waals surface area contributed by atoms with Crippen molar-refractivity contribution in [2.75, 3.05) is 6.61 Å². The maximum absolute atomic E-state index is 11.5. The van der Waals surface area contributed by atoms with Gasteiger partial charge in [0.15, 0.2) is 0 Å². The summed E-state index contributed by atoms with van der Waals surface area (Å²) < 4.78 is 11.2. The molecule has 1 saturated carbocycles. The minimum Gasteiger partial charge on any atom is -0.547 e. The van der Waals surface area contributed by atoms with Gasteiger partial charge in [0.05, 0.1) is 18.8 Å². The molecule has 0 saturated heterocycles. The first-order valence-electron chi connectivity index (χ1n) is 7.48. The van der Waals surface area contributed by atoms with Gasteiger partial charge in [-0.1, -0.05) is 6.42 Å². The van der Waals surface area contributed by atoms with Gasteiger partial charge in [0.2, 0.25) is 8.32 Å². The standard InChI is InChI=1S/C15H28O3Si/c1-5-17-15(16)12-11-14(18-19(2,3)4)13-9-7-6-8-10-13/h5-12H2,1-4H3. The van der Waals surface area contributed by atoms with Crippen LogP contribution in [-0.4, -0.2) is 20.9 Å². The Hall–Kier alpha value is -0.773. The summed E-state index contributed by atoms with van der Waals surface area (Å²) in [5.41, 5.74) is 1.44. The molecule has 0 aromatic carbocycles. The Morgan fingerprint density at radius 3 is 2.26 bits per heavy atom. The third-order valence-corrected chi connectivity index (χ3v) is 4.00. The Labute approximate surface area is 118 Å². The van der Waals surface area contributed by atoms with Gasteiger partial charge in [0.25, 0.3) is 0 Å². The molecule has 0 radical (unpaired) electrons. The minimum atomic E-state index is -1.60. The van der Waals surface area contributed by atoms with Crippen molar-refractivity contribution in [1.29, 1.82) is 0 Å². The van der Waals surface area contributed by atoms with Crippen molar-refractivity contribution in [2.45, 2.75) is 71.5 Å². The molecule has 0 heterocycles. The van der Waals surface area contributed by atoms with Gasteiger partial charge in [0, 0.05) is 6.42 Å². The number of hydrogen-bond donors (Lipinski definition) is 0. The van der Waals surface area contributed by atoms with Crippen LogP contribution in [0.1, 0.15) is 51.9 Å². The molecule has 0 aromatic rings. The predicted octanol–water partition coefficient (Wildman–Crippen LogP) is 4.40. The van der Waals surface area contributed by atoms with E-state index in [0.29, 0.717) is 19.4 Å². The molecule has 110 valence electrons. The van der Waals surface area contributed by atoms with Crippen LogP contribution in [-0.2, 0) is 14.0 Å². The highest BCUT2D eigenvalue weighted by molar-refractivity contribution is 6.70. The molecule has 0 aromatic heterocycles. The van der Waals surface area contributed by atoms with Crippen LogP contribution < -0.4 is 0 Å². The number of hydrogen-bond acceptors (Lipinski definition) is 3. The van der Waals surface area contributed by atoms with Crippen LogP contribution in [0.4, 0.5) is 0 Å². The number of allylic oxidation sites excluding steroid dienone is 2. The number of carbonyl (C=O) groups is 1. The molecule has 1 fully saturated rings. The van der Waals surface area contributed by atoms with Gasteiger partial charge in [-0.15, -0.1) is 0 Å². The van der Waals surface area contributed by atoms with Crippen LogP contribution in [0.5, 0.6) is 0 Å². The summed E-state index contributed by atoms with van der Waals surface area (Å²) in [7, 11) is -1.60. The quantitative estimate of drug-likeness (QED) is 0.412. The number of rotatable bonds is 6. The number of esters is 1. The molecule has 1 aliphatic rings. The highest BCUT2D eigenvalue weighted by Gasteiger charge is 2.21. The normalized spacial score (nSPS) is 16.1. The highest BCUT2D eigenvalue weighted by Crippen LogP contribution is 2.30. The second kappa shape index (κ2) is 7.73. The van der Waals surface area contributed by atoms with E-state index in [1.807, 2.05) is 6.92 Å². The van der Waals surface area contributed by atoms with Crippen LogP contribution >= 0.6 is 0 Å². The van der Waals surface area contributed by atoms with Crippen molar-refractivity contribution in [3.63, 3.8) is 0 Å². The molecule has 0 amide bonds. The first kappa shape index (κ1) is 16.3. The SMILES string of the molecule is CCOC(=O)CCC(O[Si](C)(C)C)=C1CCCCC1. The monoisotopic (exact) mass is 284 g/mol. The Kier molecular flexibility index (Phi) is 6.62. The van der Waals surface area contributed by atoms with E-state index in [-0.39, 0.29) is 5.97 Å². The van der Waals surface area contributed by atoms with E-state index in [2.05, 4.69) is 19.6 Å². The molecule has 0 bridgehead atoms. The van der Waals surface area contributed by atoms with Crippen LogP contribution in [0.2, 0.25) is 19.6 Å². The third kappa shape index (κ3) is 6.81. The van der Waals surface area contributed by atoms with E-state index in [9.17, 15) is 4.79 Å². The van der Waals surface area contributed by atoms with E-state index in [4.69, 9.17) is 9.16 Å². The maximum atomic E-state index is 11.5. The van der Waals surface area contributed by atoms with Gasteiger partial charge in [0.1, 0.15) is 0 Å². The molecule has 0 atom stereocenters. The summed E-state index contributed by atoms with van der Waals surface area (Å²) in [6, 6.07) is 0. The third-order valence-electron chi connectivity index (χ3n) is 3.14. The first-order chi connectivity index (χ1) is 8.92. The lowest BCUT2D eigenvalue weighted by Crippen LogP contribution is -2.26. The molecule has 19 heavy (non-hydrogen) atoms. The average Bonchev–Trinajstić information content (AvgIpc) is 2.34. The average molecular weight is 284 g/mol. The zero-order valence-corrected chi connectivity index (χ0v) is 13.9. The number of ether oxygens (including phenoxy) is 1. The lowest BCUT2D eigenvalue weighted by Gasteiger charge is -2.26. The first-order valence-corrected chi connectivity index (χ1v) is 10.9. The molecular formula is C15H28O3Si. The fourth-order valence-electron chi connectivity index (χ4n) is 2.38. The largest absolute Gasteiger partial charge is 0.547 e. The summed E-state index contributed by atoms with van der Waals surface area (Å²) in [6.07, 6.45) is 7.27. The predicted molar refractivity (Wildman–Crippen MR) is 80.4 cm³/mol. The van der Waals surface area contributed by atoms with E-state index >= 15 is 0 Å². The molecule has 4 heteroatoms. The summed E-state index contributed by atoms with van der Waals surface area (Å²) in [5.74, 6) is 0.975. The second-order valence-corrected chi connectivity index (χ2v) is 10.5. The molecule has 1 rings (SSSR count). The summed E-state index contributed by atoms with van der Waals surface area (Å²) in [6.45, 7) is 8.89. The Morgan fingerprint density at radius 2 is 1.74 bits per heavy atom. The number of carbonyl (C=O) groups excluding carboxylic acids is 1. The second-order valence-electron chi connectivity index (χ2n) is 6.11. The molecule has 0 N–H and O–H groups in total. The van der Waals surface area contributed by atoms with Gasteiger partial charge in [-0.3, -0.25) is 4.79 Å². The van der Waals surface area contributed by atoms with Crippen molar-refractivity contribution in [3.05, 3.63) is 11.3 Å². The van der Waals surface area contributed by atoms with Gasteiger partial charge in [-0.05, 0) is 57.8 Å². The minimum absolute atomic E-state index is 0.115. The van der Waals surface area contributed by atoms with Crippen molar-refractivity contribution < 1.29 is 14.0 Å². The van der Waals surface area contributed by atoms with Crippen LogP contribution in [0.15, 0.2) is 11.3 Å². The zero-order chi connectivity index (χ0) is 14.3. The highest BCUT2D eigenvalue weighted by atomic mass is 28.4. The molecule has 1 aliphatic carbocycles.